The molecule has 0 spiro atoms. The van der Waals surface area contributed by atoms with E-state index in [-0.39, 0.29) is 18.2 Å². The number of rotatable bonds is 8. The summed E-state index contributed by atoms with van der Waals surface area (Å²) in [4.78, 5) is 21.5. The zero-order chi connectivity index (χ0) is 15.7. The average molecular weight is 294 g/mol. The number of carbonyl (C=O) groups is 1. The maximum absolute atomic E-state index is 11.5. The molecule has 1 unspecified atom stereocenters. The molecule has 0 radical (unpaired) electrons. The molecule has 1 atom stereocenters. The number of benzene rings is 1. The predicted molar refractivity (Wildman–Crippen MR) is 77.6 cm³/mol. The Hall–Kier alpha value is -2.25. The first-order chi connectivity index (χ1) is 10.0. The lowest BCUT2D eigenvalue weighted by Gasteiger charge is -2.08. The van der Waals surface area contributed by atoms with Gasteiger partial charge in [0.1, 0.15) is 0 Å². The quantitative estimate of drug-likeness (QED) is 0.425. The van der Waals surface area contributed by atoms with Gasteiger partial charge < -0.3 is 15.2 Å². The second-order valence-corrected chi connectivity index (χ2v) is 4.37. The third kappa shape index (κ3) is 6.64. The van der Waals surface area contributed by atoms with Crippen LogP contribution in [-0.2, 0) is 9.53 Å². The number of nitro groups is 1. The zero-order valence-electron chi connectivity index (χ0n) is 11.7. The maximum Gasteiger partial charge on any atom is 0.269 e. The Morgan fingerprint density at radius 2 is 2.14 bits per heavy atom. The van der Waals surface area contributed by atoms with Crippen molar-refractivity contribution in [2.75, 3.05) is 20.3 Å². The first-order valence-corrected chi connectivity index (χ1v) is 6.40. The molecule has 1 aromatic rings. The van der Waals surface area contributed by atoms with E-state index < -0.39 is 11.0 Å². The van der Waals surface area contributed by atoms with Gasteiger partial charge in [-0.05, 0) is 30.2 Å². The van der Waals surface area contributed by atoms with Crippen molar-refractivity contribution in [2.24, 2.45) is 0 Å². The van der Waals surface area contributed by atoms with Gasteiger partial charge in [0.05, 0.1) is 17.6 Å². The van der Waals surface area contributed by atoms with Crippen molar-refractivity contribution < 1.29 is 19.6 Å². The Morgan fingerprint density at radius 3 is 2.71 bits per heavy atom. The highest BCUT2D eigenvalue weighted by atomic mass is 16.6. The van der Waals surface area contributed by atoms with E-state index in [1.807, 2.05) is 0 Å². The summed E-state index contributed by atoms with van der Waals surface area (Å²) in [5.41, 5.74) is 0.693. The van der Waals surface area contributed by atoms with Crippen LogP contribution in [0.5, 0.6) is 0 Å². The third-order valence-corrected chi connectivity index (χ3v) is 2.67. The minimum absolute atomic E-state index is 0.00346. The highest BCUT2D eigenvalue weighted by molar-refractivity contribution is 5.91. The summed E-state index contributed by atoms with van der Waals surface area (Å²) < 4.78 is 4.77. The molecule has 2 N–H and O–H groups in total. The summed E-state index contributed by atoms with van der Waals surface area (Å²) in [6.07, 6.45) is 2.70. The Bertz CT molecular complexity index is 499. The van der Waals surface area contributed by atoms with Crippen LogP contribution in [0.1, 0.15) is 12.0 Å². The first-order valence-electron chi connectivity index (χ1n) is 6.40. The number of amides is 1. The minimum Gasteiger partial charge on any atom is -0.391 e. The van der Waals surface area contributed by atoms with Gasteiger partial charge >= 0.3 is 0 Å². The van der Waals surface area contributed by atoms with Gasteiger partial charge in [0.25, 0.3) is 5.69 Å². The largest absolute Gasteiger partial charge is 0.391 e. The molecule has 7 nitrogen and oxygen atoms in total. The Balaban J connectivity index is 2.38. The molecule has 21 heavy (non-hydrogen) atoms. The van der Waals surface area contributed by atoms with Gasteiger partial charge in [-0.1, -0.05) is 0 Å². The smallest absolute Gasteiger partial charge is 0.269 e. The number of hydrogen-bond acceptors (Lipinski definition) is 5. The van der Waals surface area contributed by atoms with Crippen LogP contribution < -0.4 is 5.32 Å². The van der Waals surface area contributed by atoms with Crippen LogP contribution in [0.15, 0.2) is 30.3 Å². The van der Waals surface area contributed by atoms with Crippen molar-refractivity contribution in [3.63, 3.8) is 0 Å². The molecule has 1 rings (SSSR count). The van der Waals surface area contributed by atoms with E-state index in [1.165, 1.54) is 25.3 Å². The van der Waals surface area contributed by atoms with E-state index in [2.05, 4.69) is 5.32 Å². The average Bonchev–Trinajstić information content (AvgIpc) is 2.46. The summed E-state index contributed by atoms with van der Waals surface area (Å²) in [6.45, 7) is 0.572. The molecule has 7 heteroatoms. The highest BCUT2D eigenvalue weighted by Gasteiger charge is 2.04. The molecular formula is C14H18N2O5. The lowest BCUT2D eigenvalue weighted by molar-refractivity contribution is -0.384. The standard InChI is InChI=1S/C14H18N2O5/c1-21-10-13(17)8-9-15-14(18)7-4-11-2-5-12(6-3-11)16(19)20/h2-7,13,17H,8-10H2,1H3,(H,15,18)/b7-4+. The van der Waals surface area contributed by atoms with Crippen molar-refractivity contribution in [1.29, 1.82) is 0 Å². The third-order valence-electron chi connectivity index (χ3n) is 2.67. The first kappa shape index (κ1) is 16.8. The molecule has 114 valence electrons. The molecule has 0 aliphatic rings. The lowest BCUT2D eigenvalue weighted by atomic mass is 10.2. The molecular weight excluding hydrogens is 276 g/mol. The van der Waals surface area contributed by atoms with Crippen molar-refractivity contribution in [3.8, 4) is 0 Å². The van der Waals surface area contributed by atoms with E-state index in [0.29, 0.717) is 18.5 Å². The van der Waals surface area contributed by atoms with Crippen molar-refractivity contribution in [3.05, 3.63) is 46.0 Å². The van der Waals surface area contributed by atoms with Gasteiger partial charge in [-0.25, -0.2) is 0 Å². The number of carbonyl (C=O) groups excluding carboxylic acids is 1. The summed E-state index contributed by atoms with van der Waals surface area (Å²) in [5.74, 6) is -0.294. The molecule has 0 aliphatic heterocycles. The Morgan fingerprint density at radius 1 is 1.48 bits per heavy atom. The highest BCUT2D eigenvalue weighted by Crippen LogP contribution is 2.12. The number of nitro benzene ring substituents is 1. The molecule has 0 aromatic heterocycles. The normalized spacial score (nSPS) is 12.3. The molecule has 0 saturated heterocycles. The fourth-order valence-corrected chi connectivity index (χ4v) is 1.58. The molecule has 0 saturated carbocycles. The summed E-state index contributed by atoms with van der Waals surface area (Å²) in [7, 11) is 1.49. The lowest BCUT2D eigenvalue weighted by Crippen LogP contribution is -2.27. The maximum atomic E-state index is 11.5. The van der Waals surface area contributed by atoms with E-state index in [0.717, 1.165) is 0 Å². The number of nitrogens with one attached hydrogen (secondary N) is 1. The van der Waals surface area contributed by atoms with Gasteiger partial charge in [0, 0.05) is 31.9 Å². The van der Waals surface area contributed by atoms with Crippen LogP contribution in [0.25, 0.3) is 6.08 Å². The SMILES string of the molecule is COCC(O)CCNC(=O)/C=C/c1ccc([N+](=O)[O-])cc1. The number of nitrogens with zero attached hydrogens (tertiary/aromatic N) is 1. The van der Waals surface area contributed by atoms with Crippen LogP contribution in [0.4, 0.5) is 5.69 Å². The number of aliphatic hydroxyl groups excluding tert-OH is 1. The predicted octanol–water partition coefficient (Wildman–Crippen LogP) is 1.12. The molecule has 0 aliphatic carbocycles. The van der Waals surface area contributed by atoms with Crippen LogP contribution >= 0.6 is 0 Å². The number of aliphatic hydroxyl groups is 1. The van der Waals surface area contributed by atoms with E-state index in [4.69, 9.17) is 4.74 Å². The van der Waals surface area contributed by atoms with E-state index in [1.54, 1.807) is 18.2 Å². The zero-order valence-corrected chi connectivity index (χ0v) is 11.7. The summed E-state index contributed by atoms with van der Waals surface area (Å²) in [5, 5.41) is 22.5. The van der Waals surface area contributed by atoms with Gasteiger partial charge in [-0.3, -0.25) is 14.9 Å². The second-order valence-electron chi connectivity index (χ2n) is 4.37. The fourth-order valence-electron chi connectivity index (χ4n) is 1.58. The van der Waals surface area contributed by atoms with Crippen molar-refractivity contribution in [2.45, 2.75) is 12.5 Å². The van der Waals surface area contributed by atoms with Crippen molar-refractivity contribution in [1.82, 2.24) is 5.32 Å². The minimum atomic E-state index is -0.603. The molecule has 1 aromatic carbocycles. The molecule has 0 fully saturated rings. The van der Waals surface area contributed by atoms with E-state index >= 15 is 0 Å². The second kappa shape index (κ2) is 8.83. The topological polar surface area (TPSA) is 102 Å². The van der Waals surface area contributed by atoms with Crippen LogP contribution in [0, 0.1) is 10.1 Å². The molecule has 0 bridgehead atoms. The number of methoxy groups -OCH3 is 1. The van der Waals surface area contributed by atoms with Crippen LogP contribution in [-0.4, -0.2) is 42.3 Å². The molecule has 0 heterocycles. The number of hydrogen-bond donors (Lipinski definition) is 2. The Labute approximate surface area is 122 Å². The van der Waals surface area contributed by atoms with Crippen LogP contribution in [0.3, 0.4) is 0 Å². The van der Waals surface area contributed by atoms with Gasteiger partial charge in [0.15, 0.2) is 0 Å². The summed E-state index contributed by atoms with van der Waals surface area (Å²) in [6, 6.07) is 5.87. The summed E-state index contributed by atoms with van der Waals surface area (Å²) >= 11 is 0. The number of non-ortho nitro benzene ring substituents is 1. The van der Waals surface area contributed by atoms with Crippen molar-refractivity contribution >= 4 is 17.7 Å². The van der Waals surface area contributed by atoms with Gasteiger partial charge in [0.2, 0.25) is 5.91 Å². The monoisotopic (exact) mass is 294 g/mol. The van der Waals surface area contributed by atoms with Crippen LogP contribution in [0.2, 0.25) is 0 Å². The number of ether oxygens (including phenoxy) is 1. The fraction of sp³-hybridized carbons (Fsp3) is 0.357. The van der Waals surface area contributed by atoms with E-state index in [9.17, 15) is 20.0 Å². The van der Waals surface area contributed by atoms with Gasteiger partial charge in [-0.2, -0.15) is 0 Å². The molecule has 1 amide bonds. The Kier molecular flexibility index (Phi) is 7.06. The van der Waals surface area contributed by atoms with Gasteiger partial charge in [-0.15, -0.1) is 0 Å².